The highest BCUT2D eigenvalue weighted by atomic mass is 35.5. The van der Waals surface area contributed by atoms with Crippen LogP contribution in [-0.4, -0.2) is 26.0 Å². The number of carbonyl (C=O) groups is 1. The molecule has 0 bridgehead atoms. The van der Waals surface area contributed by atoms with E-state index in [2.05, 4.69) is 10.6 Å². The van der Waals surface area contributed by atoms with Crippen molar-refractivity contribution in [3.63, 3.8) is 0 Å². The monoisotopic (exact) mass is 384 g/mol. The number of amides is 1. The topological polar surface area (TPSA) is 41.1 Å². The van der Waals surface area contributed by atoms with E-state index in [9.17, 15) is 4.79 Å². The summed E-state index contributed by atoms with van der Waals surface area (Å²) in [6.45, 7) is 1.54. The number of hydrogen-bond donors (Lipinski definition) is 2. The summed E-state index contributed by atoms with van der Waals surface area (Å²) in [6, 6.07) is 17.4. The average Bonchev–Trinajstić information content (AvgIpc) is 2.58. The first kappa shape index (κ1) is 20.8. The average molecular weight is 385 g/mol. The Morgan fingerprint density at radius 1 is 1.08 bits per heavy atom. The molecule has 0 aliphatic rings. The van der Waals surface area contributed by atoms with Crippen molar-refractivity contribution in [3.8, 4) is 0 Å². The van der Waals surface area contributed by atoms with E-state index in [1.54, 1.807) is 0 Å². The van der Waals surface area contributed by atoms with Crippen molar-refractivity contribution in [2.24, 2.45) is 0 Å². The molecule has 0 radical (unpaired) electrons. The summed E-state index contributed by atoms with van der Waals surface area (Å²) in [6.07, 6.45) is 0.903. The highest BCUT2D eigenvalue weighted by Gasteiger charge is 2.22. The molecule has 0 saturated carbocycles. The molecule has 24 heavy (non-hydrogen) atoms. The van der Waals surface area contributed by atoms with Gasteiger partial charge >= 0.3 is 0 Å². The van der Waals surface area contributed by atoms with Gasteiger partial charge in [0, 0.05) is 11.4 Å². The molecule has 0 aliphatic heterocycles. The summed E-state index contributed by atoms with van der Waals surface area (Å²) in [7, 11) is 1.90. The zero-order chi connectivity index (χ0) is 16.5. The van der Waals surface area contributed by atoms with Gasteiger partial charge in [0.2, 0.25) is 5.91 Å². The van der Waals surface area contributed by atoms with Crippen LogP contribution in [-0.2, 0) is 4.79 Å². The summed E-state index contributed by atoms with van der Waals surface area (Å²) in [5.41, 5.74) is 0.975. The van der Waals surface area contributed by atoms with E-state index in [0.29, 0.717) is 11.6 Å². The SMILES string of the molecule is CNCCCNC(=O)C(Sc1ccccc1Cl)c1ccccc1.Cl. The first-order valence-electron chi connectivity index (χ1n) is 7.61. The minimum atomic E-state index is -0.314. The van der Waals surface area contributed by atoms with Crippen LogP contribution in [0.2, 0.25) is 5.02 Å². The molecular formula is C18H22Cl2N2OS. The fraction of sp³-hybridized carbons (Fsp3) is 0.278. The van der Waals surface area contributed by atoms with E-state index >= 15 is 0 Å². The summed E-state index contributed by atoms with van der Waals surface area (Å²) in [5.74, 6) is 0.0113. The summed E-state index contributed by atoms with van der Waals surface area (Å²) in [4.78, 5) is 13.5. The lowest BCUT2D eigenvalue weighted by molar-refractivity contribution is -0.120. The van der Waals surface area contributed by atoms with E-state index in [1.807, 2.05) is 61.6 Å². The molecule has 1 amide bonds. The number of carbonyl (C=O) groups excluding carboxylic acids is 1. The van der Waals surface area contributed by atoms with Gasteiger partial charge in [0.25, 0.3) is 0 Å². The van der Waals surface area contributed by atoms with E-state index in [-0.39, 0.29) is 23.6 Å². The second kappa shape index (κ2) is 11.4. The van der Waals surface area contributed by atoms with Crippen molar-refractivity contribution in [2.45, 2.75) is 16.6 Å². The Morgan fingerprint density at radius 3 is 2.42 bits per heavy atom. The quantitative estimate of drug-likeness (QED) is 0.525. The lowest BCUT2D eigenvalue weighted by Crippen LogP contribution is -2.30. The molecule has 2 rings (SSSR count). The molecule has 2 aromatic carbocycles. The number of halogens is 2. The van der Waals surface area contributed by atoms with Gasteiger partial charge < -0.3 is 10.6 Å². The van der Waals surface area contributed by atoms with E-state index in [0.717, 1.165) is 23.4 Å². The van der Waals surface area contributed by atoms with Gasteiger partial charge in [0.15, 0.2) is 0 Å². The summed E-state index contributed by atoms with van der Waals surface area (Å²) >= 11 is 7.73. The Bertz CT molecular complexity index is 625. The smallest absolute Gasteiger partial charge is 0.237 e. The van der Waals surface area contributed by atoms with Crippen molar-refractivity contribution >= 4 is 41.7 Å². The van der Waals surface area contributed by atoms with Gasteiger partial charge in [-0.15, -0.1) is 24.2 Å². The molecule has 130 valence electrons. The molecule has 2 aromatic rings. The zero-order valence-electron chi connectivity index (χ0n) is 13.5. The van der Waals surface area contributed by atoms with Crippen LogP contribution in [0.3, 0.4) is 0 Å². The van der Waals surface area contributed by atoms with Crippen molar-refractivity contribution in [3.05, 3.63) is 65.2 Å². The predicted octanol–water partition coefficient (Wildman–Crippen LogP) is 4.32. The van der Waals surface area contributed by atoms with Gasteiger partial charge in [-0.3, -0.25) is 4.79 Å². The Hall–Kier alpha value is -1.20. The zero-order valence-corrected chi connectivity index (χ0v) is 15.9. The van der Waals surface area contributed by atoms with Crippen LogP contribution in [0, 0.1) is 0 Å². The molecule has 0 saturated heterocycles. The Morgan fingerprint density at radius 2 is 1.75 bits per heavy atom. The minimum absolute atomic E-state index is 0. The van der Waals surface area contributed by atoms with E-state index in [4.69, 9.17) is 11.6 Å². The van der Waals surface area contributed by atoms with Crippen LogP contribution in [0.1, 0.15) is 17.2 Å². The molecule has 2 N–H and O–H groups in total. The van der Waals surface area contributed by atoms with Gasteiger partial charge in [-0.25, -0.2) is 0 Å². The van der Waals surface area contributed by atoms with Gasteiger partial charge in [-0.1, -0.05) is 54.1 Å². The highest BCUT2D eigenvalue weighted by Crippen LogP contribution is 2.38. The fourth-order valence-corrected chi connectivity index (χ4v) is 3.48. The summed E-state index contributed by atoms with van der Waals surface area (Å²) in [5, 5.41) is 6.44. The first-order chi connectivity index (χ1) is 11.2. The maximum Gasteiger partial charge on any atom is 0.237 e. The van der Waals surface area contributed by atoms with Gasteiger partial charge in [0.1, 0.15) is 5.25 Å². The van der Waals surface area contributed by atoms with Crippen LogP contribution >= 0.6 is 35.8 Å². The molecule has 0 heterocycles. The maximum absolute atomic E-state index is 12.6. The molecule has 0 spiro atoms. The van der Waals surface area contributed by atoms with Crippen LogP contribution in [0.4, 0.5) is 0 Å². The summed E-state index contributed by atoms with van der Waals surface area (Å²) < 4.78 is 0. The number of rotatable bonds is 8. The van der Waals surface area contributed by atoms with Crippen molar-refractivity contribution in [1.29, 1.82) is 0 Å². The van der Waals surface area contributed by atoms with E-state index < -0.39 is 0 Å². The fourth-order valence-electron chi connectivity index (χ4n) is 2.14. The maximum atomic E-state index is 12.6. The van der Waals surface area contributed by atoms with Crippen molar-refractivity contribution in [2.75, 3.05) is 20.1 Å². The molecule has 0 aliphatic carbocycles. The van der Waals surface area contributed by atoms with E-state index in [1.165, 1.54) is 11.8 Å². The second-order valence-electron chi connectivity index (χ2n) is 5.09. The lowest BCUT2D eigenvalue weighted by atomic mass is 10.1. The molecule has 0 fully saturated rings. The third-order valence-corrected chi connectivity index (χ3v) is 5.10. The third kappa shape index (κ3) is 6.36. The molecule has 1 unspecified atom stereocenters. The Kier molecular flexibility index (Phi) is 9.88. The molecule has 1 atom stereocenters. The predicted molar refractivity (Wildman–Crippen MR) is 105 cm³/mol. The minimum Gasteiger partial charge on any atom is -0.355 e. The molecule has 6 heteroatoms. The van der Waals surface area contributed by atoms with Crippen LogP contribution in [0.5, 0.6) is 0 Å². The van der Waals surface area contributed by atoms with Crippen LogP contribution in [0.15, 0.2) is 59.5 Å². The normalized spacial score (nSPS) is 11.4. The standard InChI is InChI=1S/C18H21ClN2OS.ClH/c1-20-12-7-13-21-18(22)17(14-8-3-2-4-9-14)23-16-11-6-5-10-15(16)19;/h2-6,8-11,17,20H,7,12-13H2,1H3,(H,21,22);1H. The van der Waals surface area contributed by atoms with Crippen molar-refractivity contribution in [1.82, 2.24) is 10.6 Å². The van der Waals surface area contributed by atoms with Gasteiger partial charge in [-0.2, -0.15) is 0 Å². The van der Waals surface area contributed by atoms with Crippen LogP contribution in [0.25, 0.3) is 0 Å². The largest absolute Gasteiger partial charge is 0.355 e. The lowest BCUT2D eigenvalue weighted by Gasteiger charge is -2.17. The number of hydrogen-bond acceptors (Lipinski definition) is 3. The molecule has 0 aromatic heterocycles. The Labute approximate surface area is 159 Å². The number of benzene rings is 2. The third-order valence-electron chi connectivity index (χ3n) is 3.32. The molecule has 3 nitrogen and oxygen atoms in total. The van der Waals surface area contributed by atoms with Gasteiger partial charge in [-0.05, 0) is 37.7 Å². The second-order valence-corrected chi connectivity index (χ2v) is 6.64. The number of nitrogens with one attached hydrogen (secondary N) is 2. The first-order valence-corrected chi connectivity index (χ1v) is 8.86. The molecular weight excluding hydrogens is 363 g/mol. The van der Waals surface area contributed by atoms with Gasteiger partial charge in [0.05, 0.1) is 5.02 Å². The highest BCUT2D eigenvalue weighted by molar-refractivity contribution is 8.00. The number of thioether (sulfide) groups is 1. The van der Waals surface area contributed by atoms with Crippen molar-refractivity contribution < 1.29 is 4.79 Å². The Balaban J connectivity index is 0.00000288. The van der Waals surface area contributed by atoms with Crippen LogP contribution < -0.4 is 10.6 Å².